The minimum Gasteiger partial charge on any atom is -0.399 e. The van der Waals surface area contributed by atoms with Crippen LogP contribution in [0.2, 0.25) is 0 Å². The molecule has 0 unspecified atom stereocenters. The first-order chi connectivity index (χ1) is 9.70. The number of nitrogens with two attached hydrogens (primary N) is 1. The maximum atomic E-state index is 13.9. The van der Waals surface area contributed by atoms with Gasteiger partial charge in [-0.25, -0.2) is 9.37 Å². The molecule has 0 saturated heterocycles. The lowest BCUT2D eigenvalue weighted by atomic mass is 10.2. The van der Waals surface area contributed by atoms with Gasteiger partial charge in [0.1, 0.15) is 11.3 Å². The second kappa shape index (κ2) is 4.96. The number of rotatable bonds is 3. The van der Waals surface area contributed by atoms with E-state index < -0.39 is 0 Å². The Labute approximate surface area is 116 Å². The van der Waals surface area contributed by atoms with Crippen LogP contribution in [0.5, 0.6) is 0 Å². The maximum Gasteiger partial charge on any atom is 0.151 e. The van der Waals surface area contributed by atoms with Crippen LogP contribution in [0.1, 0.15) is 13.3 Å². The van der Waals surface area contributed by atoms with Crippen molar-refractivity contribution < 1.29 is 4.39 Å². The van der Waals surface area contributed by atoms with E-state index in [2.05, 4.69) is 11.9 Å². The molecule has 1 heterocycles. The molecular weight excluding hydrogens is 253 g/mol. The largest absolute Gasteiger partial charge is 0.399 e. The molecule has 1 aromatic heterocycles. The number of hydrogen-bond acceptors (Lipinski definition) is 2. The molecule has 0 saturated carbocycles. The Bertz CT molecular complexity index is 762. The minimum absolute atomic E-state index is 0.289. The number of fused-ring (bicyclic) bond motifs is 1. The van der Waals surface area contributed by atoms with E-state index in [0.717, 1.165) is 29.9 Å². The zero-order chi connectivity index (χ0) is 14.1. The van der Waals surface area contributed by atoms with Gasteiger partial charge in [0.15, 0.2) is 5.82 Å². The molecular formula is C16H16FN3. The molecule has 3 nitrogen and oxygen atoms in total. The molecule has 0 spiro atoms. The van der Waals surface area contributed by atoms with Crippen LogP contribution in [0.15, 0.2) is 42.5 Å². The van der Waals surface area contributed by atoms with Crippen molar-refractivity contribution in [2.75, 3.05) is 5.73 Å². The summed E-state index contributed by atoms with van der Waals surface area (Å²) in [4.78, 5) is 4.47. The Morgan fingerprint density at radius 3 is 2.75 bits per heavy atom. The van der Waals surface area contributed by atoms with Crippen LogP contribution < -0.4 is 5.73 Å². The Kier molecular flexibility index (Phi) is 3.14. The molecule has 0 bridgehead atoms. The normalized spacial score (nSPS) is 11.1. The molecule has 0 amide bonds. The van der Waals surface area contributed by atoms with Gasteiger partial charge in [-0.05, 0) is 30.7 Å². The first-order valence-corrected chi connectivity index (χ1v) is 6.71. The molecule has 0 radical (unpaired) electrons. The van der Waals surface area contributed by atoms with Crippen LogP contribution in [-0.4, -0.2) is 9.55 Å². The van der Waals surface area contributed by atoms with Gasteiger partial charge < -0.3 is 10.3 Å². The van der Waals surface area contributed by atoms with E-state index in [-0.39, 0.29) is 5.82 Å². The van der Waals surface area contributed by atoms with Crippen molar-refractivity contribution in [3.8, 4) is 11.4 Å². The predicted molar refractivity (Wildman–Crippen MR) is 79.8 cm³/mol. The van der Waals surface area contributed by atoms with Gasteiger partial charge in [-0.1, -0.05) is 25.1 Å². The van der Waals surface area contributed by atoms with E-state index in [4.69, 9.17) is 5.73 Å². The quantitative estimate of drug-likeness (QED) is 0.734. The Hall–Kier alpha value is -2.36. The molecule has 3 aromatic rings. The fraction of sp³-hybridized carbons (Fsp3) is 0.188. The average Bonchev–Trinajstić information content (AvgIpc) is 2.80. The van der Waals surface area contributed by atoms with Crippen molar-refractivity contribution in [2.45, 2.75) is 19.9 Å². The van der Waals surface area contributed by atoms with Crippen LogP contribution in [0, 0.1) is 5.82 Å². The smallest absolute Gasteiger partial charge is 0.151 e. The van der Waals surface area contributed by atoms with E-state index in [1.807, 2.05) is 34.9 Å². The Morgan fingerprint density at radius 1 is 1.20 bits per heavy atom. The number of aryl methyl sites for hydroxylation is 1. The van der Waals surface area contributed by atoms with Gasteiger partial charge in [-0.3, -0.25) is 0 Å². The van der Waals surface area contributed by atoms with Crippen molar-refractivity contribution in [3.05, 3.63) is 48.3 Å². The van der Waals surface area contributed by atoms with Gasteiger partial charge >= 0.3 is 0 Å². The second-order valence-corrected chi connectivity index (χ2v) is 4.82. The lowest BCUT2D eigenvalue weighted by molar-refractivity contribution is 0.637. The van der Waals surface area contributed by atoms with Crippen LogP contribution >= 0.6 is 0 Å². The summed E-state index contributed by atoms with van der Waals surface area (Å²) < 4.78 is 16.0. The number of anilines is 1. The molecule has 0 atom stereocenters. The standard InChI is InChI=1S/C16H16FN3/c1-2-9-20-14-8-4-7-13(17)15(14)19-16(20)11-5-3-6-12(18)10-11/h3-8,10H,2,9,18H2,1H3. The molecule has 3 rings (SSSR count). The number of aromatic nitrogens is 2. The maximum absolute atomic E-state index is 13.9. The molecule has 0 aliphatic heterocycles. The number of para-hydroxylation sites is 1. The van der Waals surface area contributed by atoms with Crippen LogP contribution in [-0.2, 0) is 6.54 Å². The highest BCUT2D eigenvalue weighted by Crippen LogP contribution is 2.27. The first kappa shape index (κ1) is 12.7. The Morgan fingerprint density at radius 2 is 2.00 bits per heavy atom. The molecule has 4 heteroatoms. The summed E-state index contributed by atoms with van der Waals surface area (Å²) in [5, 5.41) is 0. The summed E-state index contributed by atoms with van der Waals surface area (Å²) in [7, 11) is 0. The summed E-state index contributed by atoms with van der Waals surface area (Å²) in [5.41, 5.74) is 8.66. The fourth-order valence-electron chi connectivity index (χ4n) is 2.46. The molecule has 2 N–H and O–H groups in total. The molecule has 102 valence electrons. The molecule has 0 aliphatic rings. The van der Waals surface area contributed by atoms with Gasteiger partial charge in [-0.2, -0.15) is 0 Å². The second-order valence-electron chi connectivity index (χ2n) is 4.82. The van der Waals surface area contributed by atoms with Gasteiger partial charge in [0, 0.05) is 17.8 Å². The van der Waals surface area contributed by atoms with Gasteiger partial charge in [0.2, 0.25) is 0 Å². The van der Waals surface area contributed by atoms with E-state index >= 15 is 0 Å². The number of hydrogen-bond donors (Lipinski definition) is 1. The first-order valence-electron chi connectivity index (χ1n) is 6.71. The lowest BCUT2D eigenvalue weighted by Gasteiger charge is -2.08. The molecule has 20 heavy (non-hydrogen) atoms. The lowest BCUT2D eigenvalue weighted by Crippen LogP contribution is -2.00. The van der Waals surface area contributed by atoms with Crippen LogP contribution in [0.25, 0.3) is 22.4 Å². The van der Waals surface area contributed by atoms with Gasteiger partial charge in [0.25, 0.3) is 0 Å². The Balaban J connectivity index is 2.29. The third-order valence-corrected chi connectivity index (χ3v) is 3.32. The average molecular weight is 269 g/mol. The number of nitrogens with zero attached hydrogens (tertiary/aromatic N) is 2. The summed E-state index contributed by atoms with van der Waals surface area (Å²) in [6.45, 7) is 2.89. The van der Waals surface area contributed by atoms with Crippen LogP contribution in [0.3, 0.4) is 0 Å². The highest BCUT2D eigenvalue weighted by molar-refractivity contribution is 5.81. The van der Waals surface area contributed by atoms with Crippen LogP contribution in [0.4, 0.5) is 10.1 Å². The molecule has 0 aliphatic carbocycles. The van der Waals surface area contributed by atoms with Crippen molar-refractivity contribution in [1.29, 1.82) is 0 Å². The fourth-order valence-corrected chi connectivity index (χ4v) is 2.46. The third kappa shape index (κ3) is 2.03. The van der Waals surface area contributed by atoms with Gasteiger partial charge in [0.05, 0.1) is 5.52 Å². The number of nitrogen functional groups attached to an aromatic ring is 1. The molecule has 2 aromatic carbocycles. The van der Waals surface area contributed by atoms with Crippen molar-refractivity contribution in [3.63, 3.8) is 0 Å². The predicted octanol–water partition coefficient (Wildman–Crippen LogP) is 3.83. The monoisotopic (exact) mass is 269 g/mol. The summed E-state index contributed by atoms with van der Waals surface area (Å²) in [5.74, 6) is 0.474. The minimum atomic E-state index is -0.289. The number of halogens is 1. The highest BCUT2D eigenvalue weighted by Gasteiger charge is 2.14. The number of imidazole rings is 1. The number of benzene rings is 2. The van der Waals surface area contributed by atoms with Crippen molar-refractivity contribution >= 4 is 16.7 Å². The zero-order valence-electron chi connectivity index (χ0n) is 11.3. The highest BCUT2D eigenvalue weighted by atomic mass is 19.1. The SMILES string of the molecule is CCCn1c(-c2cccc(N)c2)nc2c(F)cccc21. The zero-order valence-corrected chi connectivity index (χ0v) is 11.3. The third-order valence-electron chi connectivity index (χ3n) is 3.32. The van der Waals surface area contributed by atoms with E-state index in [0.29, 0.717) is 11.2 Å². The summed E-state index contributed by atoms with van der Waals surface area (Å²) >= 11 is 0. The van der Waals surface area contributed by atoms with E-state index in [9.17, 15) is 4.39 Å². The van der Waals surface area contributed by atoms with Crippen molar-refractivity contribution in [2.24, 2.45) is 0 Å². The van der Waals surface area contributed by atoms with Crippen molar-refractivity contribution in [1.82, 2.24) is 9.55 Å². The van der Waals surface area contributed by atoms with Gasteiger partial charge in [-0.15, -0.1) is 0 Å². The molecule has 0 fully saturated rings. The van der Waals surface area contributed by atoms with E-state index in [1.54, 1.807) is 6.07 Å². The topological polar surface area (TPSA) is 43.8 Å². The summed E-state index contributed by atoms with van der Waals surface area (Å²) in [6.07, 6.45) is 0.956. The van der Waals surface area contributed by atoms with E-state index in [1.165, 1.54) is 6.07 Å². The summed E-state index contributed by atoms with van der Waals surface area (Å²) in [6, 6.07) is 12.6.